The van der Waals surface area contributed by atoms with E-state index in [0.717, 1.165) is 91.4 Å². The van der Waals surface area contributed by atoms with Crippen LogP contribution in [0.4, 0.5) is 22.3 Å². The zero-order valence-electron chi connectivity index (χ0n) is 36.0. The number of pyridine rings is 1. The third-order valence-corrected chi connectivity index (χ3v) is 12.9. The summed E-state index contributed by atoms with van der Waals surface area (Å²) in [6.45, 7) is 5.30. The average Bonchev–Trinajstić information content (AvgIpc) is 3.95. The number of piperidine rings is 1. The fourth-order valence-electron chi connectivity index (χ4n) is 8.63. The molecule has 5 amide bonds. The Bertz CT molecular complexity index is 2390. The summed E-state index contributed by atoms with van der Waals surface area (Å²) in [6.07, 6.45) is 12.6. The third kappa shape index (κ3) is 11.4. The van der Waals surface area contributed by atoms with E-state index in [-0.39, 0.29) is 29.5 Å². The van der Waals surface area contributed by atoms with E-state index in [2.05, 4.69) is 48.2 Å². The molecule has 2 atom stereocenters. The summed E-state index contributed by atoms with van der Waals surface area (Å²) in [4.78, 5) is 78.9. The summed E-state index contributed by atoms with van der Waals surface area (Å²) in [7, 11) is 0. The minimum Gasteiger partial charge on any atom is -0.374 e. The summed E-state index contributed by atoms with van der Waals surface area (Å²) < 4.78 is 0. The number of benzene rings is 3. The van der Waals surface area contributed by atoms with E-state index in [1.807, 2.05) is 79.0 Å². The van der Waals surface area contributed by atoms with E-state index >= 15 is 0 Å². The van der Waals surface area contributed by atoms with E-state index in [1.165, 1.54) is 37.0 Å². The van der Waals surface area contributed by atoms with E-state index in [0.29, 0.717) is 36.5 Å². The number of hydrogen-bond acceptors (Lipinski definition) is 11. The molecule has 5 heterocycles. The predicted molar refractivity (Wildman–Crippen MR) is 250 cm³/mol. The van der Waals surface area contributed by atoms with Crippen molar-refractivity contribution in [3.8, 4) is 11.1 Å². The van der Waals surface area contributed by atoms with Gasteiger partial charge in [0.05, 0.1) is 0 Å². The molecule has 0 bridgehead atoms. The second kappa shape index (κ2) is 21.3. The molecule has 3 aliphatic heterocycles. The molecule has 14 nitrogen and oxygen atoms in total. The van der Waals surface area contributed by atoms with Gasteiger partial charge >= 0.3 is 0 Å². The Kier molecular flexibility index (Phi) is 14.7. The Morgan fingerprint density at radius 3 is 2.23 bits per heavy atom. The van der Waals surface area contributed by atoms with Gasteiger partial charge in [-0.2, -0.15) is 0 Å². The van der Waals surface area contributed by atoms with Crippen LogP contribution < -0.4 is 26.2 Å². The third-order valence-electron chi connectivity index (χ3n) is 12.2. The highest BCUT2D eigenvalue weighted by Crippen LogP contribution is 2.35. The van der Waals surface area contributed by atoms with Crippen molar-refractivity contribution in [3.63, 3.8) is 0 Å². The SMILES string of the molecule is O=C1CCC(Nc2ccc(NC(=O)CCCCCCCCCN3CCN(c4ccc(-c5ccc6c(c5)C(=O)N(C(C(=O)Nc5nccs5)c5ccccc5)C6)cn4)CC3)cc2)C(=O)N1. The molecule has 332 valence electrons. The standard InChI is InChI=1S/C49H55N9O5S/c59-43(53-39-19-17-38(18-20-39)52-41-21-23-44(60)54-46(41)61)13-9-4-2-1-3-5-10-25-56-26-28-57(29-27-56)42-22-16-36(32-51-42)35-14-15-37-33-58(48(63)40(37)31-35)45(34-11-7-6-8-12-34)47(62)55-49-50-24-30-64-49/h6-8,11-12,14-20,22,24,30-32,41,45,52H,1-5,9-10,13,21,23,25-29,33H2,(H,53,59)(H,50,55,62)(H,54,60,61). The molecule has 0 radical (unpaired) electrons. The number of carbonyl (C=O) groups excluding carboxylic acids is 5. The molecule has 2 fully saturated rings. The first-order valence-electron chi connectivity index (χ1n) is 22.4. The number of carbonyl (C=O) groups is 5. The van der Waals surface area contributed by atoms with E-state index < -0.39 is 12.1 Å². The molecule has 4 N–H and O–H groups in total. The zero-order valence-corrected chi connectivity index (χ0v) is 36.8. The number of nitrogens with zero attached hydrogens (tertiary/aromatic N) is 5. The molecule has 8 rings (SSSR count). The van der Waals surface area contributed by atoms with Gasteiger partial charge < -0.3 is 20.4 Å². The van der Waals surface area contributed by atoms with Crippen LogP contribution in [-0.4, -0.2) is 88.1 Å². The number of imide groups is 1. The van der Waals surface area contributed by atoms with Crippen molar-refractivity contribution in [1.82, 2.24) is 25.1 Å². The van der Waals surface area contributed by atoms with Crippen molar-refractivity contribution in [2.24, 2.45) is 0 Å². The van der Waals surface area contributed by atoms with Crippen molar-refractivity contribution >= 4 is 63.2 Å². The number of rotatable bonds is 19. The highest BCUT2D eigenvalue weighted by molar-refractivity contribution is 7.13. The maximum atomic E-state index is 13.9. The number of amides is 5. The van der Waals surface area contributed by atoms with Gasteiger partial charge in [0.1, 0.15) is 17.9 Å². The first kappa shape index (κ1) is 44.2. The topological polar surface area (TPSA) is 169 Å². The maximum Gasteiger partial charge on any atom is 0.255 e. The molecule has 64 heavy (non-hydrogen) atoms. The Hall–Kier alpha value is -6.45. The molecular formula is C49H55N9O5S. The highest BCUT2D eigenvalue weighted by Gasteiger charge is 2.38. The van der Waals surface area contributed by atoms with Crippen LogP contribution >= 0.6 is 11.3 Å². The number of unbranched alkanes of at least 4 members (excludes halogenated alkanes) is 6. The smallest absolute Gasteiger partial charge is 0.255 e. The summed E-state index contributed by atoms with van der Waals surface area (Å²) in [5.41, 5.74) is 5.56. The zero-order chi connectivity index (χ0) is 44.3. The normalized spacial score (nSPS) is 16.9. The number of nitrogens with one attached hydrogen (secondary N) is 4. The summed E-state index contributed by atoms with van der Waals surface area (Å²) >= 11 is 1.34. The fourth-order valence-corrected chi connectivity index (χ4v) is 9.17. The van der Waals surface area contributed by atoms with Gasteiger partial charge in [-0.05, 0) is 85.0 Å². The molecule has 2 aromatic heterocycles. The van der Waals surface area contributed by atoms with Crippen molar-refractivity contribution in [1.29, 1.82) is 0 Å². The van der Waals surface area contributed by atoms with Crippen molar-refractivity contribution < 1.29 is 24.0 Å². The summed E-state index contributed by atoms with van der Waals surface area (Å²) in [5, 5.41) is 13.6. The van der Waals surface area contributed by atoms with Crippen molar-refractivity contribution in [2.45, 2.75) is 82.8 Å². The van der Waals surface area contributed by atoms with Gasteiger partial charge in [0.15, 0.2) is 5.13 Å². The van der Waals surface area contributed by atoms with E-state index in [1.54, 1.807) is 16.5 Å². The van der Waals surface area contributed by atoms with Crippen molar-refractivity contribution in [2.75, 3.05) is 53.6 Å². The van der Waals surface area contributed by atoms with Gasteiger partial charge in [-0.1, -0.05) is 74.6 Å². The molecule has 2 unspecified atom stereocenters. The number of piperazine rings is 1. The molecule has 3 aromatic carbocycles. The Morgan fingerprint density at radius 1 is 0.781 bits per heavy atom. The molecular weight excluding hydrogens is 827 g/mol. The number of thiazole rings is 1. The first-order chi connectivity index (χ1) is 31.3. The van der Waals surface area contributed by atoms with Crippen LogP contribution in [-0.2, 0) is 25.7 Å². The molecule has 15 heteroatoms. The quantitative estimate of drug-likeness (QED) is 0.0478. The van der Waals surface area contributed by atoms with E-state index in [9.17, 15) is 24.0 Å². The maximum absolute atomic E-state index is 13.9. The second-order valence-electron chi connectivity index (χ2n) is 16.7. The highest BCUT2D eigenvalue weighted by atomic mass is 32.1. The van der Waals surface area contributed by atoms with Crippen LogP contribution in [0.2, 0.25) is 0 Å². The van der Waals surface area contributed by atoms with Crippen LogP contribution in [0.15, 0.2) is 103 Å². The first-order valence-corrected chi connectivity index (χ1v) is 23.3. The lowest BCUT2D eigenvalue weighted by Gasteiger charge is -2.35. The van der Waals surface area contributed by atoms with Crippen molar-refractivity contribution in [3.05, 3.63) is 119 Å². The molecule has 0 saturated carbocycles. The van der Waals surface area contributed by atoms with Crippen LogP contribution in [0.1, 0.15) is 91.7 Å². The molecule has 3 aliphatic rings. The summed E-state index contributed by atoms with van der Waals surface area (Å²) in [6, 6.07) is 25.5. The van der Waals surface area contributed by atoms with Gasteiger partial charge in [0, 0.05) is 85.8 Å². The monoisotopic (exact) mass is 881 g/mol. The summed E-state index contributed by atoms with van der Waals surface area (Å²) in [5.74, 6) is -0.0643. The van der Waals surface area contributed by atoms with Gasteiger partial charge in [0.2, 0.25) is 17.7 Å². The predicted octanol–water partition coefficient (Wildman–Crippen LogP) is 7.64. The van der Waals surface area contributed by atoms with Gasteiger partial charge in [0.25, 0.3) is 11.8 Å². The van der Waals surface area contributed by atoms with Crippen LogP contribution in [0.5, 0.6) is 0 Å². The number of hydrogen-bond donors (Lipinski definition) is 4. The minimum atomic E-state index is -0.801. The number of fused-ring (bicyclic) bond motifs is 1. The molecule has 5 aromatic rings. The molecule has 0 aliphatic carbocycles. The van der Waals surface area contributed by atoms with Crippen LogP contribution in [0.3, 0.4) is 0 Å². The lowest BCUT2D eigenvalue weighted by molar-refractivity contribution is -0.133. The van der Waals surface area contributed by atoms with Gasteiger partial charge in [-0.3, -0.25) is 39.5 Å². The Labute approximate surface area is 377 Å². The molecule has 2 saturated heterocycles. The fraction of sp³-hybridized carbons (Fsp3) is 0.367. The minimum absolute atomic E-state index is 0.00614. The Balaban J connectivity index is 0.704. The number of anilines is 4. The van der Waals surface area contributed by atoms with Gasteiger partial charge in [-0.25, -0.2) is 9.97 Å². The Morgan fingerprint density at radius 2 is 1.52 bits per heavy atom. The van der Waals surface area contributed by atoms with E-state index in [4.69, 9.17) is 4.98 Å². The lowest BCUT2D eigenvalue weighted by Crippen LogP contribution is -2.47. The van der Waals surface area contributed by atoms with Crippen LogP contribution in [0, 0.1) is 0 Å². The lowest BCUT2D eigenvalue weighted by atomic mass is 10.0. The number of aromatic nitrogens is 2. The molecule has 0 spiro atoms. The average molecular weight is 882 g/mol. The van der Waals surface area contributed by atoms with Gasteiger partial charge in [-0.15, -0.1) is 11.3 Å². The second-order valence-corrected chi connectivity index (χ2v) is 17.6. The van der Waals surface area contributed by atoms with Crippen LogP contribution in [0.25, 0.3) is 11.1 Å². The largest absolute Gasteiger partial charge is 0.374 e.